The van der Waals surface area contributed by atoms with Crippen molar-refractivity contribution in [3.63, 3.8) is 0 Å². The highest BCUT2D eigenvalue weighted by Gasteiger charge is 2.41. The lowest BCUT2D eigenvalue weighted by Gasteiger charge is -2.24. The zero-order valence-electron chi connectivity index (χ0n) is 25.5. The molecule has 0 unspecified atom stereocenters. The Morgan fingerprint density at radius 1 is 0.571 bits per heavy atom. The van der Waals surface area contributed by atoms with Crippen molar-refractivity contribution in [2.24, 2.45) is 0 Å². The summed E-state index contributed by atoms with van der Waals surface area (Å²) < 4.78 is 0. The van der Waals surface area contributed by atoms with Crippen LogP contribution in [0.5, 0.6) is 0 Å². The number of hydrogen-bond acceptors (Lipinski definition) is 3. The number of ketones is 1. The summed E-state index contributed by atoms with van der Waals surface area (Å²) >= 11 is 0. The van der Waals surface area contributed by atoms with Crippen molar-refractivity contribution in [3.8, 4) is 0 Å². The van der Waals surface area contributed by atoms with Crippen molar-refractivity contribution in [2.45, 2.75) is 51.4 Å². The first-order chi connectivity index (χ1) is 20.1. The number of allylic oxidation sites excluding steroid dienone is 8. The van der Waals surface area contributed by atoms with E-state index < -0.39 is 0 Å². The molecule has 0 radical (unpaired) electrons. The summed E-state index contributed by atoms with van der Waals surface area (Å²) in [7, 11) is 4.28. The fraction of sp³-hybridized carbons (Fsp3) is 0.256. The van der Waals surface area contributed by atoms with Gasteiger partial charge in [0.2, 0.25) is 0 Å². The molecule has 1 aliphatic carbocycles. The zero-order valence-corrected chi connectivity index (χ0v) is 25.5. The molecule has 3 aliphatic rings. The largest absolute Gasteiger partial charge is 0.347 e. The molecule has 4 aromatic carbocycles. The molecule has 0 atom stereocenters. The van der Waals surface area contributed by atoms with Gasteiger partial charge in [0, 0.05) is 58.8 Å². The first-order valence-corrected chi connectivity index (χ1v) is 15.0. The van der Waals surface area contributed by atoms with Crippen LogP contribution in [0.3, 0.4) is 0 Å². The predicted molar refractivity (Wildman–Crippen MR) is 177 cm³/mol. The fourth-order valence-corrected chi connectivity index (χ4v) is 7.77. The summed E-state index contributed by atoms with van der Waals surface area (Å²) in [5, 5.41) is 5.13. The van der Waals surface area contributed by atoms with Gasteiger partial charge in [-0.3, -0.25) is 4.79 Å². The molecule has 7 rings (SSSR count). The molecule has 3 nitrogen and oxygen atoms in total. The van der Waals surface area contributed by atoms with E-state index in [0.717, 1.165) is 24.0 Å². The minimum atomic E-state index is -0.162. The lowest BCUT2D eigenvalue weighted by Crippen LogP contribution is -2.22. The van der Waals surface area contributed by atoms with Crippen molar-refractivity contribution in [1.82, 2.24) is 0 Å². The van der Waals surface area contributed by atoms with Crippen molar-refractivity contribution < 1.29 is 4.79 Å². The standard InChI is InChI=1S/C39H38N2O/c1-38(2)33(40(5)31-21-17-25-11-7-9-13-29(25)35(31)38)23-19-27-15-16-28(37(27)42)20-24-34-39(3,4)36-30-14-10-8-12-26(30)18-22-32(36)41(34)6/h7-14,17-24H,15-16H2,1-6H3/b27-19-,28-20+,33-23+,34-24+. The van der Waals surface area contributed by atoms with E-state index in [2.05, 4.69) is 149 Å². The molecule has 4 aromatic rings. The van der Waals surface area contributed by atoms with E-state index in [9.17, 15) is 4.79 Å². The molecule has 0 N–H and O–H groups in total. The molecule has 42 heavy (non-hydrogen) atoms. The molecule has 0 saturated heterocycles. The summed E-state index contributed by atoms with van der Waals surface area (Å²) in [5.74, 6) is 0.173. The number of fused-ring (bicyclic) bond motifs is 6. The van der Waals surface area contributed by atoms with Gasteiger partial charge in [-0.15, -0.1) is 0 Å². The Morgan fingerprint density at radius 3 is 1.40 bits per heavy atom. The van der Waals surface area contributed by atoms with Gasteiger partial charge in [-0.2, -0.15) is 0 Å². The molecule has 2 heterocycles. The van der Waals surface area contributed by atoms with Crippen LogP contribution in [0, 0.1) is 0 Å². The second-order valence-corrected chi connectivity index (χ2v) is 13.0. The van der Waals surface area contributed by atoms with Crippen LogP contribution >= 0.6 is 0 Å². The number of anilines is 2. The zero-order chi connectivity index (χ0) is 29.4. The maximum Gasteiger partial charge on any atom is 0.185 e. The lowest BCUT2D eigenvalue weighted by atomic mass is 9.81. The third kappa shape index (κ3) is 3.76. The lowest BCUT2D eigenvalue weighted by molar-refractivity contribution is -0.111. The highest BCUT2D eigenvalue weighted by Crippen LogP contribution is 2.51. The molecule has 0 bridgehead atoms. The number of rotatable bonds is 2. The monoisotopic (exact) mass is 550 g/mol. The fourth-order valence-electron chi connectivity index (χ4n) is 7.77. The van der Waals surface area contributed by atoms with Crippen LogP contribution in [0.15, 0.2) is 120 Å². The second-order valence-electron chi connectivity index (χ2n) is 13.0. The number of Topliss-reactive ketones (excluding diaryl/α,β-unsaturated/α-hetero) is 1. The van der Waals surface area contributed by atoms with Gasteiger partial charge < -0.3 is 9.80 Å². The molecule has 1 fully saturated rings. The topological polar surface area (TPSA) is 23.6 Å². The molecule has 2 aliphatic heterocycles. The number of nitrogens with zero attached hydrogens (tertiary/aromatic N) is 2. The van der Waals surface area contributed by atoms with Crippen LogP contribution in [0.25, 0.3) is 21.5 Å². The van der Waals surface area contributed by atoms with Gasteiger partial charge in [0.25, 0.3) is 0 Å². The summed E-state index contributed by atoms with van der Waals surface area (Å²) in [6.45, 7) is 9.17. The summed E-state index contributed by atoms with van der Waals surface area (Å²) in [4.78, 5) is 18.1. The van der Waals surface area contributed by atoms with Gasteiger partial charge in [-0.25, -0.2) is 0 Å². The van der Waals surface area contributed by atoms with Crippen molar-refractivity contribution in [3.05, 3.63) is 131 Å². The van der Waals surface area contributed by atoms with E-state index in [-0.39, 0.29) is 16.6 Å². The summed E-state index contributed by atoms with van der Waals surface area (Å²) in [6.07, 6.45) is 10.1. The van der Waals surface area contributed by atoms with E-state index in [0.29, 0.717) is 0 Å². The first kappa shape index (κ1) is 26.5. The van der Waals surface area contributed by atoms with Crippen molar-refractivity contribution in [1.29, 1.82) is 0 Å². The number of carbonyl (C=O) groups is 1. The van der Waals surface area contributed by atoms with Gasteiger partial charge in [-0.1, -0.05) is 101 Å². The van der Waals surface area contributed by atoms with Crippen LogP contribution in [-0.2, 0) is 15.6 Å². The van der Waals surface area contributed by atoms with Crippen LogP contribution in [-0.4, -0.2) is 19.9 Å². The van der Waals surface area contributed by atoms with Crippen LogP contribution in [0.1, 0.15) is 51.7 Å². The summed E-state index contributed by atoms with van der Waals surface area (Å²) in [5.41, 5.74) is 9.09. The normalized spacial score (nSPS) is 22.9. The van der Waals surface area contributed by atoms with Gasteiger partial charge >= 0.3 is 0 Å². The highest BCUT2D eigenvalue weighted by atomic mass is 16.1. The average Bonchev–Trinajstić information content (AvgIpc) is 3.50. The Hall–Kier alpha value is -4.37. The smallest absolute Gasteiger partial charge is 0.185 e. The quantitative estimate of drug-likeness (QED) is 0.233. The van der Waals surface area contributed by atoms with E-state index in [1.54, 1.807) is 0 Å². The average molecular weight is 551 g/mol. The Balaban J connectivity index is 1.19. The summed E-state index contributed by atoms with van der Waals surface area (Å²) in [6, 6.07) is 26.1. The molecular formula is C39H38N2O. The Labute approximate surface area is 249 Å². The van der Waals surface area contributed by atoms with Crippen LogP contribution in [0.4, 0.5) is 11.4 Å². The van der Waals surface area contributed by atoms with Crippen molar-refractivity contribution >= 4 is 38.7 Å². The van der Waals surface area contributed by atoms with Gasteiger partial charge in [0.05, 0.1) is 0 Å². The molecule has 1 saturated carbocycles. The Bertz CT molecular complexity index is 1790. The van der Waals surface area contributed by atoms with Gasteiger partial charge in [0.1, 0.15) is 0 Å². The van der Waals surface area contributed by atoms with Gasteiger partial charge in [0.15, 0.2) is 5.78 Å². The number of benzene rings is 4. The van der Waals surface area contributed by atoms with E-state index in [1.165, 1.54) is 55.4 Å². The van der Waals surface area contributed by atoms with Crippen molar-refractivity contribution in [2.75, 3.05) is 23.9 Å². The number of likely N-dealkylation sites (N-methyl/N-ethyl adjacent to an activating group) is 2. The second kappa shape index (κ2) is 9.32. The minimum Gasteiger partial charge on any atom is -0.347 e. The maximum absolute atomic E-state index is 13.6. The molecule has 210 valence electrons. The number of hydrogen-bond donors (Lipinski definition) is 0. The number of carbonyl (C=O) groups excluding carboxylic acids is 1. The molecule has 0 aromatic heterocycles. The molecular weight excluding hydrogens is 512 g/mol. The maximum atomic E-state index is 13.6. The predicted octanol–water partition coefficient (Wildman–Crippen LogP) is 9.13. The molecule has 0 spiro atoms. The first-order valence-electron chi connectivity index (χ1n) is 15.0. The molecule has 3 heteroatoms. The SMILES string of the molecule is CN1/C(=C/C=C2/CC/C(=C\C=C3\N(C)c4ccc5ccccc5c4C3(C)C)C2=O)C(C)(C)c2c1ccc1ccccc21. The van der Waals surface area contributed by atoms with Crippen LogP contribution < -0.4 is 9.80 Å². The van der Waals surface area contributed by atoms with E-state index in [4.69, 9.17) is 0 Å². The molecule has 0 amide bonds. The van der Waals surface area contributed by atoms with E-state index in [1.807, 2.05) is 0 Å². The Morgan fingerprint density at radius 2 is 0.976 bits per heavy atom. The highest BCUT2D eigenvalue weighted by molar-refractivity contribution is 6.11. The third-order valence-electron chi connectivity index (χ3n) is 9.92. The minimum absolute atomic E-state index is 0.162. The van der Waals surface area contributed by atoms with Crippen LogP contribution in [0.2, 0.25) is 0 Å². The Kier molecular flexibility index (Phi) is 5.89. The van der Waals surface area contributed by atoms with Gasteiger partial charge in [-0.05, 0) is 69.8 Å². The third-order valence-corrected chi connectivity index (χ3v) is 9.92. The van der Waals surface area contributed by atoms with E-state index >= 15 is 0 Å².